The van der Waals surface area contributed by atoms with E-state index in [1.807, 2.05) is 32.2 Å². The number of fused-ring (bicyclic) bond motifs is 1. The van der Waals surface area contributed by atoms with Crippen molar-refractivity contribution in [1.29, 1.82) is 0 Å². The zero-order chi connectivity index (χ0) is 15.3. The molecule has 0 unspecified atom stereocenters. The Morgan fingerprint density at radius 3 is 2.91 bits per heavy atom. The van der Waals surface area contributed by atoms with E-state index in [-0.39, 0.29) is 11.8 Å². The summed E-state index contributed by atoms with van der Waals surface area (Å²) in [5, 5.41) is 15.3. The summed E-state index contributed by atoms with van der Waals surface area (Å²) in [6.07, 6.45) is 0.902. The zero-order valence-electron chi connectivity index (χ0n) is 12.5. The van der Waals surface area contributed by atoms with Gasteiger partial charge in [0, 0.05) is 13.0 Å². The van der Waals surface area contributed by atoms with E-state index >= 15 is 0 Å². The number of carbonyl (C=O) groups is 1. The number of H-pyrrole nitrogens is 1. The molecule has 0 bridgehead atoms. The summed E-state index contributed by atoms with van der Waals surface area (Å²) >= 11 is 0. The molecule has 112 valence electrons. The first-order valence-electron chi connectivity index (χ1n) is 7.38. The van der Waals surface area contributed by atoms with Crippen LogP contribution in [0.15, 0.2) is 30.3 Å². The molecule has 0 saturated heterocycles. The molecule has 1 aliphatic rings. The molecule has 6 nitrogen and oxygen atoms in total. The van der Waals surface area contributed by atoms with E-state index in [2.05, 4.69) is 32.7 Å². The second-order valence-corrected chi connectivity index (χ2v) is 5.85. The molecule has 1 aromatic carbocycles. The molecule has 0 spiro atoms. The Kier molecular flexibility index (Phi) is 2.79. The van der Waals surface area contributed by atoms with Crippen molar-refractivity contribution in [3.8, 4) is 0 Å². The van der Waals surface area contributed by atoms with Gasteiger partial charge in [-0.2, -0.15) is 10.2 Å². The number of benzene rings is 1. The Bertz CT molecular complexity index is 848. The number of aromatic amines is 1. The third-order valence-electron chi connectivity index (χ3n) is 4.32. The molecule has 2 aromatic heterocycles. The first-order chi connectivity index (χ1) is 10.6. The fourth-order valence-electron chi connectivity index (χ4n) is 3.09. The molecule has 4 rings (SSSR count). The van der Waals surface area contributed by atoms with Crippen molar-refractivity contribution in [2.75, 3.05) is 5.32 Å². The van der Waals surface area contributed by atoms with Crippen molar-refractivity contribution in [2.24, 2.45) is 13.0 Å². The summed E-state index contributed by atoms with van der Waals surface area (Å²) in [6, 6.07) is 10.2. The normalized spacial score (nSPS) is 20.3. The van der Waals surface area contributed by atoms with Gasteiger partial charge in [0.25, 0.3) is 0 Å². The van der Waals surface area contributed by atoms with Crippen LogP contribution in [0.4, 0.5) is 5.82 Å². The highest BCUT2D eigenvalue weighted by atomic mass is 16.2. The predicted octanol–water partition coefficient (Wildman–Crippen LogP) is 2.35. The lowest BCUT2D eigenvalue weighted by molar-refractivity contribution is -0.117. The van der Waals surface area contributed by atoms with Crippen LogP contribution < -0.4 is 5.32 Å². The molecular weight excluding hydrogens is 278 g/mol. The van der Waals surface area contributed by atoms with Crippen LogP contribution in [-0.4, -0.2) is 25.9 Å². The van der Waals surface area contributed by atoms with E-state index in [9.17, 15) is 4.79 Å². The van der Waals surface area contributed by atoms with E-state index in [4.69, 9.17) is 0 Å². The van der Waals surface area contributed by atoms with E-state index in [1.165, 1.54) is 5.56 Å². The summed E-state index contributed by atoms with van der Waals surface area (Å²) in [5.74, 6) is 1.05. The fourth-order valence-corrected chi connectivity index (χ4v) is 3.09. The van der Waals surface area contributed by atoms with Gasteiger partial charge in [-0.05, 0) is 24.8 Å². The van der Waals surface area contributed by atoms with Gasteiger partial charge in [0.1, 0.15) is 5.82 Å². The number of nitrogens with zero attached hydrogens (tertiary/aromatic N) is 3. The van der Waals surface area contributed by atoms with Gasteiger partial charge in [-0.1, -0.05) is 30.3 Å². The van der Waals surface area contributed by atoms with Crippen molar-refractivity contribution >= 4 is 22.8 Å². The maximum Gasteiger partial charge on any atom is 0.229 e. The highest BCUT2D eigenvalue weighted by Crippen LogP contribution is 2.48. The molecule has 2 atom stereocenters. The highest BCUT2D eigenvalue weighted by Gasteiger charge is 2.44. The van der Waals surface area contributed by atoms with Gasteiger partial charge < -0.3 is 5.32 Å². The molecule has 2 heterocycles. The van der Waals surface area contributed by atoms with Crippen LogP contribution in [0, 0.1) is 12.8 Å². The first-order valence-corrected chi connectivity index (χ1v) is 7.38. The second-order valence-electron chi connectivity index (χ2n) is 5.85. The second kappa shape index (κ2) is 4.69. The lowest BCUT2D eigenvalue weighted by atomic mass is 10.1. The summed E-state index contributed by atoms with van der Waals surface area (Å²) in [6.45, 7) is 1.91. The average Bonchev–Trinajstić information content (AvgIpc) is 3.14. The number of amides is 1. The number of aryl methyl sites for hydroxylation is 2. The van der Waals surface area contributed by atoms with Gasteiger partial charge in [-0.15, -0.1) is 0 Å². The Morgan fingerprint density at radius 2 is 2.14 bits per heavy atom. The molecule has 22 heavy (non-hydrogen) atoms. The van der Waals surface area contributed by atoms with Crippen molar-refractivity contribution in [1.82, 2.24) is 20.0 Å². The lowest BCUT2D eigenvalue weighted by Gasteiger charge is -2.03. The molecule has 0 radical (unpaired) electrons. The third kappa shape index (κ3) is 1.99. The van der Waals surface area contributed by atoms with Crippen LogP contribution in [0.25, 0.3) is 11.0 Å². The van der Waals surface area contributed by atoms with Gasteiger partial charge >= 0.3 is 0 Å². The standard InChI is InChI=1S/C16H17N5O/c1-9-13-14(18-19-15(13)21(2)20-9)17-16(22)12-8-11(12)10-6-4-3-5-7-10/h3-7,11-12H,8H2,1-2H3,(H2,17,18,19,22)/t11-,12+/m1/s1. The summed E-state index contributed by atoms with van der Waals surface area (Å²) in [5.41, 5.74) is 2.84. The number of carbonyl (C=O) groups excluding carboxylic acids is 1. The lowest BCUT2D eigenvalue weighted by Crippen LogP contribution is -2.15. The zero-order valence-corrected chi connectivity index (χ0v) is 12.5. The maximum atomic E-state index is 12.4. The molecule has 0 aliphatic heterocycles. The van der Waals surface area contributed by atoms with Gasteiger partial charge in [-0.3, -0.25) is 9.89 Å². The summed E-state index contributed by atoms with van der Waals surface area (Å²) < 4.78 is 1.71. The molecule has 6 heteroatoms. The van der Waals surface area contributed by atoms with E-state index in [0.29, 0.717) is 11.7 Å². The SMILES string of the molecule is Cc1nn(C)c2n[nH]c(NC(=O)[C@H]3C[C@@H]3c3ccccc3)c12. The molecule has 1 saturated carbocycles. The number of anilines is 1. The van der Waals surface area contributed by atoms with Crippen LogP contribution >= 0.6 is 0 Å². The summed E-state index contributed by atoms with van der Waals surface area (Å²) in [4.78, 5) is 12.4. The van der Waals surface area contributed by atoms with Gasteiger partial charge in [0.2, 0.25) is 5.91 Å². The van der Waals surface area contributed by atoms with Crippen LogP contribution in [-0.2, 0) is 11.8 Å². The molecule has 1 fully saturated rings. The fraction of sp³-hybridized carbons (Fsp3) is 0.312. The monoisotopic (exact) mass is 295 g/mol. The van der Waals surface area contributed by atoms with Crippen LogP contribution in [0.2, 0.25) is 0 Å². The number of aromatic nitrogens is 4. The number of hydrogen-bond acceptors (Lipinski definition) is 3. The van der Waals surface area contributed by atoms with Crippen molar-refractivity contribution in [3.63, 3.8) is 0 Å². The Hall–Kier alpha value is -2.63. The maximum absolute atomic E-state index is 12.4. The number of rotatable bonds is 3. The Morgan fingerprint density at radius 1 is 1.36 bits per heavy atom. The minimum absolute atomic E-state index is 0.0396. The van der Waals surface area contributed by atoms with Crippen molar-refractivity contribution < 1.29 is 4.79 Å². The van der Waals surface area contributed by atoms with Crippen LogP contribution in [0.1, 0.15) is 23.6 Å². The summed E-state index contributed by atoms with van der Waals surface area (Å²) in [7, 11) is 1.84. The molecule has 3 aromatic rings. The van der Waals surface area contributed by atoms with Crippen LogP contribution in [0.3, 0.4) is 0 Å². The largest absolute Gasteiger partial charge is 0.310 e. The Labute approximate surface area is 127 Å². The quantitative estimate of drug-likeness (QED) is 0.778. The highest BCUT2D eigenvalue weighted by molar-refractivity contribution is 6.02. The first kappa shape index (κ1) is 13.1. The van der Waals surface area contributed by atoms with Crippen molar-refractivity contribution in [2.45, 2.75) is 19.3 Å². The van der Waals surface area contributed by atoms with Gasteiger partial charge in [-0.25, -0.2) is 4.68 Å². The topological polar surface area (TPSA) is 75.6 Å². The minimum atomic E-state index is 0.0396. The molecular formula is C16H17N5O. The minimum Gasteiger partial charge on any atom is -0.310 e. The predicted molar refractivity (Wildman–Crippen MR) is 83.5 cm³/mol. The Balaban J connectivity index is 1.53. The molecule has 1 amide bonds. The van der Waals surface area contributed by atoms with Crippen molar-refractivity contribution in [3.05, 3.63) is 41.6 Å². The van der Waals surface area contributed by atoms with E-state index in [0.717, 1.165) is 23.1 Å². The van der Waals surface area contributed by atoms with E-state index < -0.39 is 0 Å². The van der Waals surface area contributed by atoms with Gasteiger partial charge in [0.15, 0.2) is 5.65 Å². The molecule has 2 N–H and O–H groups in total. The van der Waals surface area contributed by atoms with Gasteiger partial charge in [0.05, 0.1) is 11.1 Å². The van der Waals surface area contributed by atoms with Crippen LogP contribution in [0.5, 0.6) is 0 Å². The molecule has 1 aliphatic carbocycles. The van der Waals surface area contributed by atoms with E-state index in [1.54, 1.807) is 4.68 Å². The number of hydrogen-bond donors (Lipinski definition) is 2. The third-order valence-corrected chi connectivity index (χ3v) is 4.32. The number of nitrogens with one attached hydrogen (secondary N) is 2. The smallest absolute Gasteiger partial charge is 0.229 e. The average molecular weight is 295 g/mol.